The number of ether oxygens (including phenoxy) is 1. The van der Waals surface area contributed by atoms with E-state index in [9.17, 15) is 14.7 Å². The van der Waals surface area contributed by atoms with Gasteiger partial charge in [0.2, 0.25) is 0 Å². The fraction of sp³-hybridized carbons (Fsp3) is 0.333. The van der Waals surface area contributed by atoms with Crippen molar-refractivity contribution in [2.24, 2.45) is 0 Å². The highest BCUT2D eigenvalue weighted by molar-refractivity contribution is 5.88. The number of carbonyl (C=O) groups excluding carboxylic acids is 2. The van der Waals surface area contributed by atoms with Crippen LogP contribution < -0.4 is 0 Å². The number of Topliss-reactive ketones (excluding diaryl/α,β-unsaturated/α-hetero) is 1. The van der Waals surface area contributed by atoms with Crippen molar-refractivity contribution in [2.45, 2.75) is 18.9 Å². The third-order valence-corrected chi connectivity index (χ3v) is 2.28. The maximum absolute atomic E-state index is 11.5. The van der Waals surface area contributed by atoms with Gasteiger partial charge in [-0.25, -0.2) is 4.79 Å². The maximum atomic E-state index is 11.5. The number of ketones is 1. The van der Waals surface area contributed by atoms with Crippen molar-refractivity contribution >= 4 is 11.8 Å². The number of esters is 1. The Bertz CT molecular complexity index is 385. The van der Waals surface area contributed by atoms with Gasteiger partial charge in [0.05, 0.1) is 7.11 Å². The van der Waals surface area contributed by atoms with E-state index in [1.54, 1.807) is 30.3 Å². The zero-order chi connectivity index (χ0) is 12.2. The fourth-order valence-electron chi connectivity index (χ4n) is 1.54. The molecule has 1 rings (SSSR count). The highest BCUT2D eigenvalue weighted by atomic mass is 16.5. The van der Waals surface area contributed by atoms with Gasteiger partial charge in [0.1, 0.15) is 5.78 Å². The average Bonchev–Trinajstić information content (AvgIpc) is 2.28. The number of aliphatic hydroxyl groups is 1. The zero-order valence-corrected chi connectivity index (χ0v) is 9.27. The number of hydrogen-bond acceptors (Lipinski definition) is 4. The van der Waals surface area contributed by atoms with E-state index in [1.165, 1.54) is 14.0 Å². The van der Waals surface area contributed by atoms with Crippen LogP contribution in [-0.4, -0.2) is 24.0 Å². The standard InChI is InChI=1S/C12H14O4/c1-9(13)8-12(15,11(14)16-2)10-6-4-3-5-7-10/h3-7,15H,8H2,1-2H3/t12-/m1/s1. The fourth-order valence-corrected chi connectivity index (χ4v) is 1.54. The largest absolute Gasteiger partial charge is 0.467 e. The summed E-state index contributed by atoms with van der Waals surface area (Å²) in [6.07, 6.45) is -0.288. The van der Waals surface area contributed by atoms with E-state index in [1.807, 2.05) is 0 Å². The molecular weight excluding hydrogens is 208 g/mol. The van der Waals surface area contributed by atoms with Gasteiger partial charge in [-0.2, -0.15) is 0 Å². The topological polar surface area (TPSA) is 63.6 Å². The Morgan fingerprint density at radius 3 is 2.31 bits per heavy atom. The van der Waals surface area contributed by atoms with Crippen molar-refractivity contribution in [1.82, 2.24) is 0 Å². The van der Waals surface area contributed by atoms with E-state index in [0.717, 1.165) is 0 Å². The smallest absolute Gasteiger partial charge is 0.343 e. The van der Waals surface area contributed by atoms with Gasteiger partial charge >= 0.3 is 5.97 Å². The van der Waals surface area contributed by atoms with E-state index < -0.39 is 11.6 Å². The first-order valence-corrected chi connectivity index (χ1v) is 4.86. The van der Waals surface area contributed by atoms with Crippen LogP contribution in [0.2, 0.25) is 0 Å². The Labute approximate surface area is 93.9 Å². The molecule has 0 bridgehead atoms. The highest BCUT2D eigenvalue weighted by Gasteiger charge is 2.40. The molecule has 0 spiro atoms. The molecule has 0 aromatic heterocycles. The van der Waals surface area contributed by atoms with Crippen LogP contribution in [0.3, 0.4) is 0 Å². The van der Waals surface area contributed by atoms with Crippen LogP contribution in [0.4, 0.5) is 0 Å². The molecule has 0 saturated carbocycles. The Morgan fingerprint density at radius 1 is 1.31 bits per heavy atom. The summed E-state index contributed by atoms with van der Waals surface area (Å²) in [4.78, 5) is 22.6. The SMILES string of the molecule is COC(=O)[C@@](O)(CC(C)=O)c1ccccc1. The summed E-state index contributed by atoms with van der Waals surface area (Å²) in [5.41, 5.74) is -1.53. The minimum Gasteiger partial charge on any atom is -0.467 e. The molecule has 1 atom stereocenters. The molecular formula is C12H14O4. The Hall–Kier alpha value is -1.68. The quantitative estimate of drug-likeness (QED) is 0.773. The number of rotatable bonds is 4. The summed E-state index contributed by atoms with van der Waals surface area (Å²) in [5.74, 6) is -1.11. The number of carbonyl (C=O) groups is 2. The summed E-state index contributed by atoms with van der Waals surface area (Å²) in [5, 5.41) is 10.2. The third-order valence-electron chi connectivity index (χ3n) is 2.28. The van der Waals surface area contributed by atoms with Gasteiger partial charge < -0.3 is 9.84 Å². The Balaban J connectivity index is 3.14. The molecule has 0 heterocycles. The molecule has 0 aliphatic carbocycles. The van der Waals surface area contributed by atoms with Crippen LogP contribution in [0.15, 0.2) is 30.3 Å². The molecule has 0 aliphatic heterocycles. The molecule has 0 radical (unpaired) electrons. The average molecular weight is 222 g/mol. The minimum absolute atomic E-state index is 0.281. The van der Waals surface area contributed by atoms with Gasteiger partial charge in [0, 0.05) is 6.42 Å². The monoisotopic (exact) mass is 222 g/mol. The first kappa shape index (κ1) is 12.4. The van der Waals surface area contributed by atoms with Gasteiger partial charge in [0.25, 0.3) is 0 Å². The molecule has 0 saturated heterocycles. The number of benzene rings is 1. The molecule has 86 valence electrons. The van der Waals surface area contributed by atoms with Crippen molar-refractivity contribution in [3.8, 4) is 0 Å². The summed E-state index contributed by atoms with van der Waals surface area (Å²) < 4.78 is 4.53. The summed E-state index contributed by atoms with van der Waals surface area (Å²) in [7, 11) is 1.18. The van der Waals surface area contributed by atoms with E-state index in [2.05, 4.69) is 4.74 Å². The molecule has 1 aromatic carbocycles. The maximum Gasteiger partial charge on any atom is 0.343 e. The normalized spacial score (nSPS) is 13.9. The molecule has 0 unspecified atom stereocenters. The Morgan fingerprint density at radius 2 is 1.88 bits per heavy atom. The van der Waals surface area contributed by atoms with E-state index in [4.69, 9.17) is 0 Å². The summed E-state index contributed by atoms with van der Waals surface area (Å²) in [6, 6.07) is 8.29. The second-order valence-electron chi connectivity index (χ2n) is 3.60. The molecule has 0 amide bonds. The molecule has 0 aliphatic rings. The van der Waals surface area contributed by atoms with E-state index in [-0.39, 0.29) is 12.2 Å². The third kappa shape index (κ3) is 2.46. The van der Waals surface area contributed by atoms with E-state index >= 15 is 0 Å². The van der Waals surface area contributed by atoms with Crippen molar-refractivity contribution in [1.29, 1.82) is 0 Å². The lowest BCUT2D eigenvalue weighted by Crippen LogP contribution is -2.38. The first-order chi connectivity index (χ1) is 7.50. The van der Waals surface area contributed by atoms with Crippen LogP contribution in [0.25, 0.3) is 0 Å². The van der Waals surface area contributed by atoms with Gasteiger partial charge in [0.15, 0.2) is 5.60 Å². The number of methoxy groups -OCH3 is 1. The predicted octanol–water partition coefficient (Wildman–Crippen LogP) is 1.03. The van der Waals surface area contributed by atoms with Gasteiger partial charge in [-0.1, -0.05) is 30.3 Å². The lowest BCUT2D eigenvalue weighted by molar-refractivity contribution is -0.166. The molecule has 1 N–H and O–H groups in total. The molecule has 0 fully saturated rings. The van der Waals surface area contributed by atoms with Crippen molar-refractivity contribution in [3.05, 3.63) is 35.9 Å². The van der Waals surface area contributed by atoms with Gasteiger partial charge in [-0.05, 0) is 12.5 Å². The van der Waals surface area contributed by atoms with Crippen molar-refractivity contribution in [3.63, 3.8) is 0 Å². The van der Waals surface area contributed by atoms with Crippen molar-refractivity contribution in [2.75, 3.05) is 7.11 Å². The molecule has 1 aromatic rings. The highest BCUT2D eigenvalue weighted by Crippen LogP contribution is 2.26. The Kier molecular flexibility index (Phi) is 3.79. The molecule has 4 heteroatoms. The molecule has 16 heavy (non-hydrogen) atoms. The van der Waals surface area contributed by atoms with Crippen LogP contribution in [0.5, 0.6) is 0 Å². The van der Waals surface area contributed by atoms with Crippen molar-refractivity contribution < 1.29 is 19.4 Å². The summed E-state index contributed by atoms with van der Waals surface area (Å²) in [6.45, 7) is 1.32. The zero-order valence-electron chi connectivity index (χ0n) is 9.27. The van der Waals surface area contributed by atoms with E-state index in [0.29, 0.717) is 5.56 Å². The van der Waals surface area contributed by atoms with Crippen LogP contribution >= 0.6 is 0 Å². The lowest BCUT2D eigenvalue weighted by Gasteiger charge is -2.24. The van der Waals surface area contributed by atoms with Crippen LogP contribution in [0, 0.1) is 0 Å². The first-order valence-electron chi connectivity index (χ1n) is 4.86. The summed E-state index contributed by atoms with van der Waals surface area (Å²) >= 11 is 0. The van der Waals surface area contributed by atoms with Crippen LogP contribution in [-0.2, 0) is 19.9 Å². The second kappa shape index (κ2) is 4.90. The lowest BCUT2D eigenvalue weighted by atomic mass is 9.89. The number of hydrogen-bond donors (Lipinski definition) is 1. The second-order valence-corrected chi connectivity index (χ2v) is 3.60. The van der Waals surface area contributed by atoms with Gasteiger partial charge in [-0.15, -0.1) is 0 Å². The molecule has 4 nitrogen and oxygen atoms in total. The van der Waals surface area contributed by atoms with Gasteiger partial charge in [-0.3, -0.25) is 4.79 Å². The van der Waals surface area contributed by atoms with Crippen LogP contribution in [0.1, 0.15) is 18.9 Å². The predicted molar refractivity (Wildman–Crippen MR) is 57.7 cm³/mol. The minimum atomic E-state index is -1.89.